The second kappa shape index (κ2) is 6.57. The van der Waals surface area contributed by atoms with Gasteiger partial charge in [-0.25, -0.2) is 0 Å². The maximum atomic E-state index is 5.66. The number of likely N-dealkylation sites (N-methyl/N-ethyl adjacent to an activating group) is 1. The zero-order chi connectivity index (χ0) is 13.7. The third-order valence-electron chi connectivity index (χ3n) is 3.77. The van der Waals surface area contributed by atoms with Gasteiger partial charge in [0.15, 0.2) is 5.96 Å². The van der Waals surface area contributed by atoms with Crippen molar-refractivity contribution in [2.75, 3.05) is 53.6 Å². The van der Waals surface area contributed by atoms with Crippen LogP contribution in [0.1, 0.15) is 19.8 Å². The number of hydrogen-bond donors (Lipinski definition) is 1. The van der Waals surface area contributed by atoms with E-state index in [0.717, 1.165) is 51.4 Å². The molecule has 0 aromatic rings. The van der Waals surface area contributed by atoms with Crippen molar-refractivity contribution in [3.8, 4) is 0 Å². The molecule has 1 aliphatic carbocycles. The third-order valence-corrected chi connectivity index (χ3v) is 3.77. The molecule has 2 aliphatic rings. The first-order valence-corrected chi connectivity index (χ1v) is 7.20. The quantitative estimate of drug-likeness (QED) is 0.425. The normalized spacial score (nSPS) is 21.9. The Labute approximate surface area is 116 Å². The Kier molecular flexibility index (Phi) is 5.05. The summed E-state index contributed by atoms with van der Waals surface area (Å²) in [6, 6.07) is 0. The van der Waals surface area contributed by atoms with E-state index in [-0.39, 0.29) is 5.41 Å². The summed E-state index contributed by atoms with van der Waals surface area (Å²) in [5, 5.41) is 3.41. The summed E-state index contributed by atoms with van der Waals surface area (Å²) < 4.78 is 10.9. The average Bonchev–Trinajstić information content (AvgIpc) is 3.17. The van der Waals surface area contributed by atoms with E-state index in [1.54, 1.807) is 0 Å². The van der Waals surface area contributed by atoms with Crippen LogP contribution in [0.2, 0.25) is 0 Å². The molecule has 0 aromatic heterocycles. The molecule has 1 saturated carbocycles. The minimum Gasteiger partial charge on any atom is -0.380 e. The number of nitrogens with one attached hydrogen (secondary N) is 1. The van der Waals surface area contributed by atoms with Gasteiger partial charge in [0.1, 0.15) is 0 Å². The van der Waals surface area contributed by atoms with E-state index in [9.17, 15) is 0 Å². The van der Waals surface area contributed by atoms with Crippen LogP contribution in [0.5, 0.6) is 0 Å². The molecule has 1 N–H and O–H groups in total. The number of nitrogens with zero attached hydrogens (tertiary/aromatic N) is 2. The Balaban J connectivity index is 1.61. The second-order valence-electron chi connectivity index (χ2n) is 6.14. The van der Waals surface area contributed by atoms with E-state index in [1.165, 1.54) is 12.8 Å². The van der Waals surface area contributed by atoms with Crippen molar-refractivity contribution in [3.63, 3.8) is 0 Å². The van der Waals surface area contributed by atoms with Crippen LogP contribution < -0.4 is 5.32 Å². The maximum absolute atomic E-state index is 5.66. The van der Waals surface area contributed by atoms with Gasteiger partial charge in [-0.2, -0.15) is 0 Å². The summed E-state index contributed by atoms with van der Waals surface area (Å²) in [5.74, 6) is 1.77. The average molecular weight is 269 g/mol. The smallest absolute Gasteiger partial charge is 0.193 e. The Morgan fingerprint density at radius 1 is 1.47 bits per heavy atom. The van der Waals surface area contributed by atoms with Crippen molar-refractivity contribution in [3.05, 3.63) is 0 Å². The fraction of sp³-hybridized carbons (Fsp3) is 0.929. The first-order valence-electron chi connectivity index (χ1n) is 7.20. The van der Waals surface area contributed by atoms with Crippen molar-refractivity contribution < 1.29 is 9.47 Å². The molecular weight excluding hydrogens is 242 g/mol. The Morgan fingerprint density at radius 3 is 2.74 bits per heavy atom. The highest BCUT2D eigenvalue weighted by Crippen LogP contribution is 2.28. The zero-order valence-electron chi connectivity index (χ0n) is 12.4. The summed E-state index contributed by atoms with van der Waals surface area (Å²) in [4.78, 5) is 6.43. The van der Waals surface area contributed by atoms with Crippen LogP contribution in [0.25, 0.3) is 0 Å². The number of guanidine groups is 1. The van der Waals surface area contributed by atoms with Gasteiger partial charge in [0.2, 0.25) is 0 Å². The van der Waals surface area contributed by atoms with Crippen LogP contribution in [0.3, 0.4) is 0 Å². The first-order chi connectivity index (χ1) is 9.13. The van der Waals surface area contributed by atoms with Crippen LogP contribution in [0.4, 0.5) is 0 Å². The van der Waals surface area contributed by atoms with Crippen LogP contribution in [0, 0.1) is 11.3 Å². The van der Waals surface area contributed by atoms with E-state index in [4.69, 9.17) is 9.47 Å². The SMILES string of the molecule is CN=C(NCC1(C)COC1)N(C)CCOCC1CC1. The molecule has 2 fully saturated rings. The fourth-order valence-corrected chi connectivity index (χ4v) is 2.07. The van der Waals surface area contributed by atoms with Crippen molar-refractivity contribution in [1.29, 1.82) is 0 Å². The van der Waals surface area contributed by atoms with E-state index in [2.05, 4.69) is 29.2 Å². The van der Waals surface area contributed by atoms with Gasteiger partial charge in [-0.1, -0.05) is 6.92 Å². The predicted molar refractivity (Wildman–Crippen MR) is 76.5 cm³/mol. The molecule has 0 spiro atoms. The Morgan fingerprint density at radius 2 is 2.21 bits per heavy atom. The molecule has 5 heteroatoms. The molecule has 1 aliphatic heterocycles. The van der Waals surface area contributed by atoms with Gasteiger partial charge in [-0.3, -0.25) is 4.99 Å². The molecule has 0 bridgehead atoms. The van der Waals surface area contributed by atoms with Crippen LogP contribution in [-0.2, 0) is 9.47 Å². The molecule has 110 valence electrons. The maximum Gasteiger partial charge on any atom is 0.193 e. The monoisotopic (exact) mass is 269 g/mol. The summed E-state index contributed by atoms with van der Waals surface area (Å²) in [5.41, 5.74) is 0.263. The van der Waals surface area contributed by atoms with E-state index < -0.39 is 0 Å². The summed E-state index contributed by atoms with van der Waals surface area (Å²) in [7, 11) is 3.87. The van der Waals surface area contributed by atoms with Crippen LogP contribution in [-0.4, -0.2) is 64.5 Å². The minimum atomic E-state index is 0.263. The van der Waals surface area contributed by atoms with Crippen molar-refractivity contribution in [1.82, 2.24) is 10.2 Å². The fourth-order valence-electron chi connectivity index (χ4n) is 2.07. The number of aliphatic imine (C=N–C) groups is 1. The van der Waals surface area contributed by atoms with E-state index in [1.807, 2.05) is 7.05 Å². The largest absolute Gasteiger partial charge is 0.380 e. The molecule has 0 amide bonds. The van der Waals surface area contributed by atoms with Crippen molar-refractivity contribution in [2.24, 2.45) is 16.3 Å². The van der Waals surface area contributed by atoms with Gasteiger partial charge in [-0.15, -0.1) is 0 Å². The molecule has 2 rings (SSSR count). The lowest BCUT2D eigenvalue weighted by Crippen LogP contribution is -2.51. The zero-order valence-corrected chi connectivity index (χ0v) is 12.4. The van der Waals surface area contributed by atoms with Gasteiger partial charge in [0.25, 0.3) is 0 Å². The van der Waals surface area contributed by atoms with Crippen LogP contribution >= 0.6 is 0 Å². The Hall–Kier alpha value is -0.810. The van der Waals surface area contributed by atoms with Gasteiger partial charge in [-0.05, 0) is 18.8 Å². The molecule has 0 radical (unpaired) electrons. The summed E-state index contributed by atoms with van der Waals surface area (Å²) >= 11 is 0. The predicted octanol–water partition coefficient (Wildman–Crippen LogP) is 0.957. The van der Waals surface area contributed by atoms with Crippen LogP contribution in [0.15, 0.2) is 4.99 Å². The second-order valence-corrected chi connectivity index (χ2v) is 6.14. The van der Waals surface area contributed by atoms with Gasteiger partial charge >= 0.3 is 0 Å². The molecule has 5 nitrogen and oxygen atoms in total. The molecule has 0 atom stereocenters. The highest BCUT2D eigenvalue weighted by molar-refractivity contribution is 5.79. The lowest BCUT2D eigenvalue weighted by atomic mass is 9.89. The van der Waals surface area contributed by atoms with Crippen molar-refractivity contribution in [2.45, 2.75) is 19.8 Å². The first kappa shape index (κ1) is 14.6. The molecule has 19 heavy (non-hydrogen) atoms. The van der Waals surface area contributed by atoms with Gasteiger partial charge in [0.05, 0.1) is 19.8 Å². The molecule has 1 heterocycles. The molecular formula is C14H27N3O2. The highest BCUT2D eigenvalue weighted by atomic mass is 16.5. The van der Waals surface area contributed by atoms with E-state index in [0.29, 0.717) is 0 Å². The topological polar surface area (TPSA) is 46.1 Å². The number of rotatable bonds is 7. The van der Waals surface area contributed by atoms with Gasteiger partial charge < -0.3 is 19.7 Å². The van der Waals surface area contributed by atoms with Gasteiger partial charge in [0, 0.05) is 39.2 Å². The van der Waals surface area contributed by atoms with Crippen molar-refractivity contribution >= 4 is 5.96 Å². The lowest BCUT2D eigenvalue weighted by molar-refractivity contribution is -0.0972. The standard InChI is InChI=1S/C14H27N3O2/c1-14(10-19-11-14)9-16-13(15-2)17(3)6-7-18-8-12-4-5-12/h12H,4-11H2,1-3H3,(H,15,16). The third kappa shape index (κ3) is 4.66. The number of ether oxygens (including phenoxy) is 2. The summed E-state index contributed by atoms with van der Waals surface area (Å²) in [6.45, 7) is 7.39. The summed E-state index contributed by atoms with van der Waals surface area (Å²) in [6.07, 6.45) is 2.69. The molecule has 0 aromatic carbocycles. The van der Waals surface area contributed by atoms with E-state index >= 15 is 0 Å². The molecule has 1 saturated heterocycles. The highest BCUT2D eigenvalue weighted by Gasteiger charge is 2.33. The minimum absolute atomic E-state index is 0.263. The number of hydrogen-bond acceptors (Lipinski definition) is 3. The Bertz CT molecular complexity index is 312. The lowest BCUT2D eigenvalue weighted by Gasteiger charge is -2.39. The molecule has 0 unspecified atom stereocenters.